The van der Waals surface area contributed by atoms with E-state index in [1.807, 2.05) is 4.90 Å². The number of hydrogen-bond donors (Lipinski definition) is 0. The van der Waals surface area contributed by atoms with Crippen molar-refractivity contribution >= 4 is 5.91 Å². The second kappa shape index (κ2) is 10.1. The molecule has 0 aromatic carbocycles. The van der Waals surface area contributed by atoms with Crippen molar-refractivity contribution in [3.05, 3.63) is 0 Å². The molecule has 6 nitrogen and oxygen atoms in total. The lowest BCUT2D eigenvalue weighted by atomic mass is 10.3. The van der Waals surface area contributed by atoms with Crippen LogP contribution >= 0.6 is 0 Å². The van der Waals surface area contributed by atoms with Crippen molar-refractivity contribution in [3.63, 3.8) is 0 Å². The van der Waals surface area contributed by atoms with Gasteiger partial charge in [-0.25, -0.2) is 0 Å². The number of nitrogens with zero attached hydrogens (tertiary/aromatic N) is 3. The first-order valence-corrected chi connectivity index (χ1v) is 7.41. The number of methoxy groups -OCH3 is 2. The summed E-state index contributed by atoms with van der Waals surface area (Å²) in [6.45, 7) is 10.2. The number of rotatable bonds is 9. The Morgan fingerprint density at radius 3 is 1.95 bits per heavy atom. The molecule has 0 aromatic rings. The van der Waals surface area contributed by atoms with Crippen LogP contribution in [0.2, 0.25) is 0 Å². The molecule has 0 unspecified atom stereocenters. The molecule has 118 valence electrons. The second-order valence-corrected chi connectivity index (χ2v) is 5.08. The van der Waals surface area contributed by atoms with E-state index in [0.717, 1.165) is 32.7 Å². The van der Waals surface area contributed by atoms with Gasteiger partial charge in [0.1, 0.15) is 0 Å². The quantitative estimate of drug-likeness (QED) is 0.585. The zero-order chi connectivity index (χ0) is 14.8. The average molecular weight is 287 g/mol. The van der Waals surface area contributed by atoms with E-state index in [4.69, 9.17) is 9.47 Å². The summed E-state index contributed by atoms with van der Waals surface area (Å²) in [6, 6.07) is 0. The van der Waals surface area contributed by atoms with Crippen molar-refractivity contribution in [2.45, 2.75) is 6.92 Å². The van der Waals surface area contributed by atoms with Gasteiger partial charge < -0.3 is 19.3 Å². The molecule has 0 radical (unpaired) electrons. The molecule has 0 bridgehead atoms. The summed E-state index contributed by atoms with van der Waals surface area (Å²) in [6.07, 6.45) is 0. The van der Waals surface area contributed by atoms with Gasteiger partial charge in [0.25, 0.3) is 0 Å². The molecule has 6 heteroatoms. The highest BCUT2D eigenvalue weighted by Gasteiger charge is 2.20. The minimum atomic E-state index is 0.170. The summed E-state index contributed by atoms with van der Waals surface area (Å²) < 4.78 is 10.1. The van der Waals surface area contributed by atoms with Gasteiger partial charge >= 0.3 is 0 Å². The number of ether oxygens (including phenoxy) is 2. The Morgan fingerprint density at radius 1 is 1.00 bits per heavy atom. The molecule has 20 heavy (non-hydrogen) atoms. The van der Waals surface area contributed by atoms with Crippen LogP contribution in [0.3, 0.4) is 0 Å². The third kappa shape index (κ3) is 6.17. The van der Waals surface area contributed by atoms with Crippen LogP contribution in [0.15, 0.2) is 0 Å². The Bertz CT molecular complexity index is 260. The fourth-order valence-electron chi connectivity index (χ4n) is 2.32. The number of amides is 1. The lowest BCUT2D eigenvalue weighted by molar-refractivity contribution is -0.134. The van der Waals surface area contributed by atoms with Crippen molar-refractivity contribution in [2.75, 3.05) is 79.8 Å². The lowest BCUT2D eigenvalue weighted by Gasteiger charge is -2.34. The van der Waals surface area contributed by atoms with E-state index in [-0.39, 0.29) is 5.91 Å². The summed E-state index contributed by atoms with van der Waals surface area (Å²) in [5, 5.41) is 0. The van der Waals surface area contributed by atoms with Crippen molar-refractivity contribution in [3.8, 4) is 0 Å². The van der Waals surface area contributed by atoms with Crippen LogP contribution in [0.1, 0.15) is 6.92 Å². The highest BCUT2D eigenvalue weighted by atomic mass is 16.5. The maximum atomic E-state index is 12.3. The molecule has 1 aliphatic rings. The van der Waals surface area contributed by atoms with Gasteiger partial charge in [0.15, 0.2) is 0 Å². The Labute approximate surface area is 122 Å². The highest BCUT2D eigenvalue weighted by Crippen LogP contribution is 2.02. The molecule has 1 saturated heterocycles. The maximum absolute atomic E-state index is 12.3. The van der Waals surface area contributed by atoms with Crippen LogP contribution < -0.4 is 0 Å². The van der Waals surface area contributed by atoms with Crippen LogP contribution in [0.5, 0.6) is 0 Å². The van der Waals surface area contributed by atoms with E-state index in [1.165, 1.54) is 0 Å². The molecule has 1 amide bonds. The second-order valence-electron chi connectivity index (χ2n) is 5.08. The molecule has 1 aliphatic heterocycles. The van der Waals surface area contributed by atoms with Crippen molar-refractivity contribution < 1.29 is 14.3 Å². The number of hydrogen-bond acceptors (Lipinski definition) is 5. The Balaban J connectivity index is 2.36. The predicted molar refractivity (Wildman–Crippen MR) is 78.9 cm³/mol. The average Bonchev–Trinajstić information content (AvgIpc) is 2.48. The van der Waals surface area contributed by atoms with Crippen LogP contribution in [-0.2, 0) is 14.3 Å². The van der Waals surface area contributed by atoms with Crippen molar-refractivity contribution in [2.24, 2.45) is 0 Å². The molecule has 0 aliphatic carbocycles. The fraction of sp³-hybridized carbons (Fsp3) is 0.929. The van der Waals surface area contributed by atoms with Gasteiger partial charge in [0.05, 0.1) is 19.8 Å². The van der Waals surface area contributed by atoms with Gasteiger partial charge in [-0.1, -0.05) is 6.92 Å². The zero-order valence-electron chi connectivity index (χ0n) is 13.1. The largest absolute Gasteiger partial charge is 0.383 e. The molecule has 1 fully saturated rings. The van der Waals surface area contributed by atoms with Gasteiger partial charge in [-0.05, 0) is 6.54 Å². The summed E-state index contributed by atoms with van der Waals surface area (Å²) in [4.78, 5) is 18.8. The molecule has 0 aromatic heterocycles. The molecule has 1 heterocycles. The minimum absolute atomic E-state index is 0.170. The van der Waals surface area contributed by atoms with E-state index < -0.39 is 0 Å². The summed E-state index contributed by atoms with van der Waals surface area (Å²) in [5.41, 5.74) is 0. The van der Waals surface area contributed by atoms with Gasteiger partial charge in [0.2, 0.25) is 5.91 Å². The van der Waals surface area contributed by atoms with E-state index in [0.29, 0.717) is 32.8 Å². The highest BCUT2D eigenvalue weighted by molar-refractivity contribution is 5.78. The summed E-state index contributed by atoms with van der Waals surface area (Å²) in [5.74, 6) is 0.170. The molecule has 0 N–H and O–H groups in total. The topological polar surface area (TPSA) is 45.2 Å². The lowest BCUT2D eigenvalue weighted by Crippen LogP contribution is -2.50. The standard InChI is InChI=1S/C14H29N3O3/c1-4-15-5-7-16(8-6-15)13-14(18)17(9-11-19-2)10-12-20-3/h4-13H2,1-3H3. The van der Waals surface area contributed by atoms with Gasteiger partial charge in [-0.3, -0.25) is 9.69 Å². The van der Waals surface area contributed by atoms with E-state index in [2.05, 4.69) is 16.7 Å². The molecular formula is C14H29N3O3. The van der Waals surface area contributed by atoms with Crippen molar-refractivity contribution in [1.82, 2.24) is 14.7 Å². The van der Waals surface area contributed by atoms with Crippen LogP contribution in [0.25, 0.3) is 0 Å². The zero-order valence-corrected chi connectivity index (χ0v) is 13.1. The predicted octanol–water partition coefficient (Wildman–Crippen LogP) is -0.255. The van der Waals surface area contributed by atoms with E-state index in [1.54, 1.807) is 14.2 Å². The first-order chi connectivity index (χ1) is 9.71. The van der Waals surface area contributed by atoms with Gasteiger partial charge in [0, 0.05) is 53.5 Å². The number of carbonyl (C=O) groups is 1. The van der Waals surface area contributed by atoms with Crippen LogP contribution in [0, 0.1) is 0 Å². The normalized spacial score (nSPS) is 17.4. The fourth-order valence-corrected chi connectivity index (χ4v) is 2.32. The van der Waals surface area contributed by atoms with Crippen LogP contribution in [-0.4, -0.2) is 100 Å². The number of carbonyl (C=O) groups excluding carboxylic acids is 1. The summed E-state index contributed by atoms with van der Waals surface area (Å²) >= 11 is 0. The van der Waals surface area contributed by atoms with Gasteiger partial charge in [-0.2, -0.15) is 0 Å². The van der Waals surface area contributed by atoms with Crippen LogP contribution in [0.4, 0.5) is 0 Å². The molecule has 0 spiro atoms. The first-order valence-electron chi connectivity index (χ1n) is 7.41. The molecule has 0 atom stereocenters. The third-order valence-corrected chi connectivity index (χ3v) is 3.75. The number of likely N-dealkylation sites (N-methyl/N-ethyl adjacent to an activating group) is 1. The molecule has 0 saturated carbocycles. The number of piperazine rings is 1. The van der Waals surface area contributed by atoms with E-state index >= 15 is 0 Å². The Hall–Kier alpha value is -0.690. The minimum Gasteiger partial charge on any atom is -0.383 e. The van der Waals surface area contributed by atoms with Gasteiger partial charge in [-0.15, -0.1) is 0 Å². The maximum Gasteiger partial charge on any atom is 0.236 e. The first kappa shape index (κ1) is 17.4. The van der Waals surface area contributed by atoms with Crippen molar-refractivity contribution in [1.29, 1.82) is 0 Å². The Morgan fingerprint density at radius 2 is 1.50 bits per heavy atom. The summed E-state index contributed by atoms with van der Waals surface area (Å²) in [7, 11) is 3.31. The molecular weight excluding hydrogens is 258 g/mol. The molecule has 1 rings (SSSR count). The monoisotopic (exact) mass is 287 g/mol. The van der Waals surface area contributed by atoms with E-state index in [9.17, 15) is 4.79 Å². The third-order valence-electron chi connectivity index (χ3n) is 3.75. The smallest absolute Gasteiger partial charge is 0.236 e. The Kier molecular flexibility index (Phi) is 8.77. The SMILES string of the molecule is CCN1CCN(CC(=O)N(CCOC)CCOC)CC1.